The fraction of sp³-hybridized carbons (Fsp3) is 0.849. The van der Waals surface area contributed by atoms with Crippen molar-refractivity contribution in [1.82, 2.24) is 0 Å². The van der Waals surface area contributed by atoms with Gasteiger partial charge in [-0.3, -0.25) is 9.59 Å². The molecule has 0 aliphatic heterocycles. The quantitative estimate of drug-likeness (QED) is 0.0195. The van der Waals surface area contributed by atoms with Crippen molar-refractivity contribution < 1.29 is 42.9 Å². The Bertz CT molecular complexity index is 1480. The zero-order chi connectivity index (χ0) is 59.8. The molecule has 9 heteroatoms. The van der Waals surface area contributed by atoms with Crippen LogP contribution >= 0.6 is 0 Å². The number of hydrogen-bond acceptors (Lipinski definition) is 8. The number of unbranched alkanes of at least 4 members (excludes halogenated alkanes) is 43. The molecule has 0 aliphatic carbocycles. The number of aliphatic carboxylic acids is 1. The minimum absolute atomic E-state index is 0.150. The number of ether oxygens (including phenoxy) is 4. The fourth-order valence-electron chi connectivity index (χ4n) is 10.5. The number of likely N-dealkylation sites (N-methyl/N-ethyl adjacent to an activating group) is 1. The van der Waals surface area contributed by atoms with E-state index in [1.807, 2.05) is 21.1 Å². The molecule has 0 N–H and O–H groups in total. The second kappa shape index (κ2) is 64.3. The summed E-state index contributed by atoms with van der Waals surface area (Å²) < 4.78 is 22.8. The van der Waals surface area contributed by atoms with E-state index in [-0.39, 0.29) is 32.2 Å². The Morgan fingerprint density at radius 1 is 0.378 bits per heavy atom. The Kier molecular flexibility index (Phi) is 62.1. The molecular weight excluding hydrogens is 1020 g/mol. The lowest BCUT2D eigenvalue weighted by molar-refractivity contribution is -0.870. The second-order valence-electron chi connectivity index (χ2n) is 25.2. The molecular formula is C73H135NO8. The summed E-state index contributed by atoms with van der Waals surface area (Å²) in [6, 6.07) is 0. The Hall–Kier alpha value is -2.75. The van der Waals surface area contributed by atoms with E-state index < -0.39 is 24.3 Å². The number of esters is 2. The van der Waals surface area contributed by atoms with E-state index in [9.17, 15) is 19.5 Å². The molecule has 82 heavy (non-hydrogen) atoms. The highest BCUT2D eigenvalue weighted by molar-refractivity contribution is 5.70. The predicted octanol–water partition coefficient (Wildman–Crippen LogP) is 20.4. The third-order valence-corrected chi connectivity index (χ3v) is 15.8. The van der Waals surface area contributed by atoms with Gasteiger partial charge in [-0.25, -0.2) is 0 Å². The van der Waals surface area contributed by atoms with Crippen molar-refractivity contribution in [1.29, 1.82) is 0 Å². The molecule has 0 rings (SSSR count). The molecule has 9 nitrogen and oxygen atoms in total. The number of rotatable bonds is 66. The van der Waals surface area contributed by atoms with Crippen molar-refractivity contribution in [2.75, 3.05) is 47.5 Å². The topological polar surface area (TPSA) is 111 Å². The van der Waals surface area contributed by atoms with Crippen LogP contribution in [0.2, 0.25) is 0 Å². The number of carbonyl (C=O) groups excluding carboxylic acids is 3. The fourth-order valence-corrected chi connectivity index (χ4v) is 10.5. The van der Waals surface area contributed by atoms with Crippen LogP contribution in [0.4, 0.5) is 0 Å². The summed E-state index contributed by atoms with van der Waals surface area (Å²) in [4.78, 5) is 37.5. The van der Waals surface area contributed by atoms with Gasteiger partial charge in [0.25, 0.3) is 0 Å². The van der Waals surface area contributed by atoms with Crippen molar-refractivity contribution in [3.05, 3.63) is 48.6 Å². The number of hydrogen-bond donors (Lipinski definition) is 0. The summed E-state index contributed by atoms with van der Waals surface area (Å²) in [6.07, 6.45) is 79.1. The van der Waals surface area contributed by atoms with Crippen molar-refractivity contribution in [3.63, 3.8) is 0 Å². The monoisotopic (exact) mass is 1150 g/mol. The van der Waals surface area contributed by atoms with Crippen LogP contribution in [0.5, 0.6) is 0 Å². The van der Waals surface area contributed by atoms with Crippen LogP contribution in [-0.2, 0) is 33.3 Å². The maximum absolute atomic E-state index is 12.9. The Labute approximate surface area is 508 Å². The number of nitrogens with zero attached hydrogens (tertiary/aromatic N) is 1. The third-order valence-electron chi connectivity index (χ3n) is 15.8. The summed E-state index contributed by atoms with van der Waals surface area (Å²) in [7, 11) is 5.94. The van der Waals surface area contributed by atoms with Crippen molar-refractivity contribution in [2.45, 2.75) is 354 Å². The van der Waals surface area contributed by atoms with Gasteiger partial charge in [-0.1, -0.05) is 326 Å². The van der Waals surface area contributed by atoms with Gasteiger partial charge in [-0.05, 0) is 51.4 Å². The molecule has 0 saturated carbocycles. The molecule has 0 heterocycles. The highest BCUT2D eigenvalue weighted by Crippen LogP contribution is 2.19. The lowest BCUT2D eigenvalue weighted by Crippen LogP contribution is -2.44. The van der Waals surface area contributed by atoms with Crippen LogP contribution < -0.4 is 5.11 Å². The van der Waals surface area contributed by atoms with E-state index in [0.717, 1.165) is 57.8 Å². The largest absolute Gasteiger partial charge is 0.545 e. The molecule has 0 radical (unpaired) electrons. The smallest absolute Gasteiger partial charge is 0.306 e. The van der Waals surface area contributed by atoms with Crippen molar-refractivity contribution in [3.8, 4) is 0 Å². The van der Waals surface area contributed by atoms with Gasteiger partial charge < -0.3 is 33.3 Å². The lowest BCUT2D eigenvalue weighted by Gasteiger charge is -2.26. The van der Waals surface area contributed by atoms with Crippen molar-refractivity contribution in [2.24, 2.45) is 0 Å². The predicted molar refractivity (Wildman–Crippen MR) is 348 cm³/mol. The highest BCUT2D eigenvalue weighted by Gasteiger charge is 2.22. The summed E-state index contributed by atoms with van der Waals surface area (Å²) in [5.74, 6) is -2.26. The average molecular weight is 1150 g/mol. The molecule has 0 aliphatic rings. The molecule has 0 aromatic heterocycles. The van der Waals surface area contributed by atoms with Gasteiger partial charge in [0, 0.05) is 12.8 Å². The van der Waals surface area contributed by atoms with Crippen LogP contribution in [0, 0.1) is 0 Å². The Balaban J connectivity index is 4.07. The maximum atomic E-state index is 12.9. The van der Waals surface area contributed by atoms with E-state index in [2.05, 4.69) is 62.5 Å². The normalized spacial score (nSPS) is 12.9. The van der Waals surface area contributed by atoms with Gasteiger partial charge in [-0.15, -0.1) is 0 Å². The standard InChI is InChI=1S/C73H135NO8/c1-6-8-10-12-14-16-18-20-22-24-26-28-30-32-34-36-38-40-42-44-46-48-50-52-54-56-58-60-62-64-71(76)82-69(68-81-73(72(77)78)79-66-65-74(3,4)5)67-80-70(75)63-61-59-57-55-53-51-49-47-45-43-41-39-37-35-33-31-29-27-25-23-21-19-17-15-13-11-9-7-2/h8,10,14,16,20,22,26,28,69,73H,6-7,9,11-13,15,17-19,21,23-25,27,29-68H2,1-5H3/b10-8-,16-14-,22-20-,28-26-. The van der Waals surface area contributed by atoms with Crippen LogP contribution in [0.25, 0.3) is 0 Å². The number of carboxylic acid groups (broad SMARTS) is 1. The highest BCUT2D eigenvalue weighted by atomic mass is 16.7. The molecule has 0 amide bonds. The van der Waals surface area contributed by atoms with Crippen LogP contribution in [0.15, 0.2) is 48.6 Å². The van der Waals surface area contributed by atoms with E-state index in [1.54, 1.807) is 0 Å². The molecule has 0 bridgehead atoms. The van der Waals surface area contributed by atoms with Gasteiger partial charge in [0.05, 0.1) is 40.3 Å². The van der Waals surface area contributed by atoms with Gasteiger partial charge in [0.15, 0.2) is 12.4 Å². The first kappa shape index (κ1) is 79.2. The summed E-state index contributed by atoms with van der Waals surface area (Å²) >= 11 is 0. The Morgan fingerprint density at radius 3 is 1.04 bits per heavy atom. The summed E-state index contributed by atoms with van der Waals surface area (Å²) in [5.41, 5.74) is 0. The molecule has 0 aromatic rings. The SMILES string of the molecule is CC/C=C\C/C=C\C/C=C\C/C=C\CCCCCCCCCCCCCCCCCCC(=O)OC(COC(=O)CCCCCCCCCCCCCCCCCCCCCCCCCCCCCC)COC(OCC[N+](C)(C)C)C(=O)[O-]. The molecule has 0 fully saturated rings. The average Bonchev–Trinajstić information content (AvgIpc) is 3.47. The third kappa shape index (κ3) is 64.8. The molecule has 480 valence electrons. The Morgan fingerprint density at radius 2 is 0.695 bits per heavy atom. The summed E-state index contributed by atoms with van der Waals surface area (Å²) in [5, 5.41) is 11.8. The molecule has 2 atom stereocenters. The second-order valence-corrected chi connectivity index (χ2v) is 25.2. The van der Waals surface area contributed by atoms with Gasteiger partial charge in [0.2, 0.25) is 0 Å². The minimum Gasteiger partial charge on any atom is -0.545 e. The first-order chi connectivity index (χ1) is 40.1. The first-order valence-electron chi connectivity index (χ1n) is 35.3. The van der Waals surface area contributed by atoms with Gasteiger partial charge in [-0.2, -0.15) is 0 Å². The molecule has 0 spiro atoms. The molecule has 2 unspecified atom stereocenters. The van der Waals surface area contributed by atoms with Crippen LogP contribution in [-0.4, -0.2) is 82.3 Å². The summed E-state index contributed by atoms with van der Waals surface area (Å²) in [6.45, 7) is 4.70. The molecule has 0 aromatic carbocycles. The number of quaternary nitrogens is 1. The van der Waals surface area contributed by atoms with E-state index in [0.29, 0.717) is 23.9 Å². The van der Waals surface area contributed by atoms with Crippen molar-refractivity contribution >= 4 is 17.9 Å². The van der Waals surface area contributed by atoms with E-state index >= 15 is 0 Å². The number of carbonyl (C=O) groups is 3. The minimum atomic E-state index is -1.62. The number of carboxylic acids is 1. The van der Waals surface area contributed by atoms with Gasteiger partial charge >= 0.3 is 11.9 Å². The molecule has 0 saturated heterocycles. The zero-order valence-electron chi connectivity index (χ0n) is 54.9. The first-order valence-corrected chi connectivity index (χ1v) is 35.3. The zero-order valence-corrected chi connectivity index (χ0v) is 54.9. The maximum Gasteiger partial charge on any atom is 0.306 e. The van der Waals surface area contributed by atoms with Crippen LogP contribution in [0.1, 0.15) is 341 Å². The lowest BCUT2D eigenvalue weighted by atomic mass is 10.0. The van der Waals surface area contributed by atoms with E-state index in [1.165, 1.54) is 250 Å². The number of allylic oxidation sites excluding steroid dienone is 8. The van der Waals surface area contributed by atoms with E-state index in [4.69, 9.17) is 18.9 Å². The van der Waals surface area contributed by atoms with Crippen LogP contribution in [0.3, 0.4) is 0 Å². The van der Waals surface area contributed by atoms with Gasteiger partial charge in [0.1, 0.15) is 13.2 Å².